The lowest BCUT2D eigenvalue weighted by atomic mass is 10.0. The summed E-state index contributed by atoms with van der Waals surface area (Å²) in [4.78, 5) is 27.8. The second-order valence-electron chi connectivity index (χ2n) is 8.08. The molecule has 0 atom stereocenters. The standard InChI is InChI=1S/C27H24Cl2N2O4/c1-15-12-18(16(2)30(15)19-10-11-24(34-4)22(29)14-19)13-20-25(27(33)35-5)17(3)31(26(20)32)23-9-7-6-8-21(23)28/h6-14H,1-5H3/b20-13-. The zero-order valence-electron chi connectivity index (χ0n) is 20.0. The van der Waals surface area contributed by atoms with Crippen LogP contribution in [0.25, 0.3) is 11.8 Å². The molecular formula is C27H24Cl2N2O4. The van der Waals surface area contributed by atoms with Crippen molar-refractivity contribution in [1.29, 1.82) is 0 Å². The SMILES string of the molecule is COC(=O)C1=C(C)N(c2ccccc2Cl)C(=O)/C1=C\c1cc(C)n(-c2ccc(OC)c(Cl)c2)c1C. The van der Waals surface area contributed by atoms with E-state index in [9.17, 15) is 9.59 Å². The topological polar surface area (TPSA) is 60.8 Å². The van der Waals surface area contributed by atoms with Crippen molar-refractivity contribution in [3.05, 3.63) is 92.4 Å². The van der Waals surface area contributed by atoms with Crippen molar-refractivity contribution in [2.75, 3.05) is 19.1 Å². The number of carbonyl (C=O) groups excluding carboxylic acids is 2. The minimum absolute atomic E-state index is 0.203. The number of hydrogen-bond acceptors (Lipinski definition) is 4. The van der Waals surface area contributed by atoms with Gasteiger partial charge in [-0.25, -0.2) is 4.79 Å². The van der Waals surface area contributed by atoms with Crippen LogP contribution in [-0.2, 0) is 14.3 Å². The van der Waals surface area contributed by atoms with E-state index in [2.05, 4.69) is 0 Å². The second kappa shape index (κ2) is 9.64. The maximum atomic E-state index is 13.6. The lowest BCUT2D eigenvalue weighted by Crippen LogP contribution is -2.24. The molecule has 8 heteroatoms. The number of ether oxygens (including phenoxy) is 2. The summed E-state index contributed by atoms with van der Waals surface area (Å²) in [6.45, 7) is 5.61. The third-order valence-electron chi connectivity index (χ3n) is 6.05. The van der Waals surface area contributed by atoms with Crippen LogP contribution in [0.1, 0.15) is 23.9 Å². The third kappa shape index (κ3) is 4.24. The van der Waals surface area contributed by atoms with Gasteiger partial charge in [-0.05, 0) is 68.8 Å². The Morgan fingerprint density at radius 1 is 0.971 bits per heavy atom. The summed E-state index contributed by atoms with van der Waals surface area (Å²) in [5, 5.41) is 0.894. The van der Waals surface area contributed by atoms with E-state index < -0.39 is 5.97 Å². The molecule has 3 aromatic rings. The Morgan fingerprint density at radius 3 is 2.31 bits per heavy atom. The normalized spacial score (nSPS) is 14.8. The van der Waals surface area contributed by atoms with Gasteiger partial charge in [-0.2, -0.15) is 0 Å². The summed E-state index contributed by atoms with van der Waals surface area (Å²) < 4.78 is 12.3. The van der Waals surface area contributed by atoms with Crippen molar-refractivity contribution in [2.45, 2.75) is 20.8 Å². The molecule has 1 aromatic heterocycles. The molecule has 0 aliphatic carbocycles. The highest BCUT2D eigenvalue weighted by atomic mass is 35.5. The van der Waals surface area contributed by atoms with Crippen LogP contribution >= 0.6 is 23.2 Å². The first-order valence-electron chi connectivity index (χ1n) is 10.8. The van der Waals surface area contributed by atoms with Gasteiger partial charge in [-0.3, -0.25) is 9.69 Å². The molecule has 1 aliphatic heterocycles. The highest BCUT2D eigenvalue weighted by Crippen LogP contribution is 2.39. The number of benzene rings is 2. The number of aromatic nitrogens is 1. The first-order valence-corrected chi connectivity index (χ1v) is 11.6. The number of allylic oxidation sites excluding steroid dienone is 1. The van der Waals surface area contributed by atoms with Crippen molar-refractivity contribution in [3.8, 4) is 11.4 Å². The third-order valence-corrected chi connectivity index (χ3v) is 6.66. The molecule has 1 amide bonds. The highest BCUT2D eigenvalue weighted by Gasteiger charge is 2.38. The van der Waals surface area contributed by atoms with Crippen molar-refractivity contribution in [2.24, 2.45) is 0 Å². The summed E-state index contributed by atoms with van der Waals surface area (Å²) in [5.41, 5.74) is 4.85. The van der Waals surface area contributed by atoms with E-state index in [0.29, 0.717) is 27.2 Å². The molecule has 2 aromatic carbocycles. The first kappa shape index (κ1) is 24.6. The van der Waals surface area contributed by atoms with Crippen LogP contribution in [0.4, 0.5) is 5.69 Å². The number of methoxy groups -OCH3 is 2. The molecule has 1 aliphatic rings. The molecule has 180 valence electrons. The van der Waals surface area contributed by atoms with E-state index in [1.807, 2.05) is 36.6 Å². The summed E-state index contributed by atoms with van der Waals surface area (Å²) in [6, 6.07) is 14.5. The number of para-hydroxylation sites is 1. The number of rotatable bonds is 5. The van der Waals surface area contributed by atoms with Gasteiger partial charge in [0, 0.05) is 22.8 Å². The van der Waals surface area contributed by atoms with Gasteiger partial charge in [0.25, 0.3) is 5.91 Å². The van der Waals surface area contributed by atoms with Crippen LogP contribution < -0.4 is 9.64 Å². The molecule has 6 nitrogen and oxygen atoms in total. The Balaban J connectivity index is 1.85. The molecular weight excluding hydrogens is 487 g/mol. The van der Waals surface area contributed by atoms with Gasteiger partial charge in [0.05, 0.1) is 41.1 Å². The second-order valence-corrected chi connectivity index (χ2v) is 8.90. The molecule has 35 heavy (non-hydrogen) atoms. The van der Waals surface area contributed by atoms with Crippen LogP contribution in [0, 0.1) is 13.8 Å². The predicted octanol–water partition coefficient (Wildman–Crippen LogP) is 6.29. The van der Waals surface area contributed by atoms with Crippen molar-refractivity contribution in [3.63, 3.8) is 0 Å². The van der Waals surface area contributed by atoms with E-state index in [-0.39, 0.29) is 17.1 Å². The molecule has 0 bridgehead atoms. The summed E-state index contributed by atoms with van der Waals surface area (Å²) >= 11 is 12.7. The number of anilines is 1. The van der Waals surface area contributed by atoms with Crippen LogP contribution in [0.3, 0.4) is 0 Å². The average molecular weight is 511 g/mol. The van der Waals surface area contributed by atoms with Gasteiger partial charge < -0.3 is 14.0 Å². The Morgan fingerprint density at radius 2 is 1.69 bits per heavy atom. The number of esters is 1. The Hall–Kier alpha value is -3.48. The van der Waals surface area contributed by atoms with Gasteiger partial charge in [0.15, 0.2) is 0 Å². The molecule has 0 fully saturated rings. The van der Waals surface area contributed by atoms with Crippen molar-refractivity contribution >= 4 is 46.8 Å². The fourth-order valence-corrected chi connectivity index (χ4v) is 4.86. The average Bonchev–Trinajstić information content (AvgIpc) is 3.25. The fraction of sp³-hybridized carbons (Fsp3) is 0.185. The molecule has 2 heterocycles. The lowest BCUT2D eigenvalue weighted by Gasteiger charge is -2.19. The van der Waals surface area contributed by atoms with Crippen LogP contribution in [0.15, 0.2) is 65.4 Å². The largest absolute Gasteiger partial charge is 0.495 e. The molecule has 4 rings (SSSR count). The molecule has 0 spiro atoms. The zero-order chi connectivity index (χ0) is 25.4. The minimum atomic E-state index is -0.590. The van der Waals surface area contributed by atoms with Gasteiger partial charge in [-0.1, -0.05) is 35.3 Å². The van der Waals surface area contributed by atoms with Crippen LogP contribution in [0.5, 0.6) is 5.75 Å². The molecule has 0 radical (unpaired) electrons. The summed E-state index contributed by atoms with van der Waals surface area (Å²) in [7, 11) is 2.86. The van der Waals surface area contributed by atoms with Gasteiger partial charge in [0.2, 0.25) is 0 Å². The number of carbonyl (C=O) groups is 2. The lowest BCUT2D eigenvalue weighted by molar-refractivity contribution is -0.136. The van der Waals surface area contributed by atoms with E-state index in [0.717, 1.165) is 22.6 Å². The Bertz CT molecular complexity index is 1420. The maximum Gasteiger partial charge on any atom is 0.340 e. The maximum absolute atomic E-state index is 13.6. The van der Waals surface area contributed by atoms with Crippen molar-refractivity contribution < 1.29 is 19.1 Å². The number of aryl methyl sites for hydroxylation is 1. The Labute approximate surface area is 214 Å². The minimum Gasteiger partial charge on any atom is -0.495 e. The fourth-order valence-electron chi connectivity index (χ4n) is 4.38. The number of halogens is 2. The zero-order valence-corrected chi connectivity index (χ0v) is 21.5. The molecule has 0 saturated carbocycles. The van der Waals surface area contributed by atoms with Crippen molar-refractivity contribution in [1.82, 2.24) is 4.57 Å². The van der Waals surface area contributed by atoms with Gasteiger partial charge >= 0.3 is 5.97 Å². The number of amides is 1. The monoisotopic (exact) mass is 510 g/mol. The molecule has 0 N–H and O–H groups in total. The van der Waals surface area contributed by atoms with E-state index in [1.54, 1.807) is 50.4 Å². The highest BCUT2D eigenvalue weighted by molar-refractivity contribution is 6.35. The smallest absolute Gasteiger partial charge is 0.340 e. The van der Waals surface area contributed by atoms with E-state index in [4.69, 9.17) is 32.7 Å². The van der Waals surface area contributed by atoms with Gasteiger partial charge in [0.1, 0.15) is 5.75 Å². The van der Waals surface area contributed by atoms with E-state index in [1.165, 1.54) is 12.0 Å². The molecule has 0 unspecified atom stereocenters. The quantitative estimate of drug-likeness (QED) is 0.299. The first-order chi connectivity index (χ1) is 16.7. The van der Waals surface area contributed by atoms with Crippen LogP contribution in [0.2, 0.25) is 10.0 Å². The predicted molar refractivity (Wildman–Crippen MR) is 138 cm³/mol. The number of hydrogen-bond donors (Lipinski definition) is 0. The Kier molecular flexibility index (Phi) is 6.79. The summed E-state index contributed by atoms with van der Waals surface area (Å²) in [6.07, 6.45) is 1.72. The summed E-state index contributed by atoms with van der Waals surface area (Å²) in [5.74, 6) is -0.361. The number of nitrogens with zero attached hydrogens (tertiary/aromatic N) is 2. The van der Waals surface area contributed by atoms with E-state index >= 15 is 0 Å². The van der Waals surface area contributed by atoms with Gasteiger partial charge in [-0.15, -0.1) is 0 Å². The molecule has 0 saturated heterocycles. The van der Waals surface area contributed by atoms with Crippen LogP contribution in [-0.4, -0.2) is 30.7 Å².